The number of ether oxygens (including phenoxy) is 5. The molecular weight excluding hydrogens is 628 g/mol. The van der Waals surface area contributed by atoms with Crippen molar-refractivity contribution in [3.05, 3.63) is 113 Å². The van der Waals surface area contributed by atoms with E-state index in [0.717, 1.165) is 11.1 Å². The molecule has 11 heteroatoms. The van der Waals surface area contributed by atoms with Crippen LogP contribution in [0.1, 0.15) is 50.4 Å². The van der Waals surface area contributed by atoms with Gasteiger partial charge in [0.15, 0.2) is 27.8 Å². The van der Waals surface area contributed by atoms with Gasteiger partial charge in [-0.2, -0.15) is 0 Å². The summed E-state index contributed by atoms with van der Waals surface area (Å²) in [7, 11) is 3.10. The van der Waals surface area contributed by atoms with Crippen molar-refractivity contribution in [1.29, 1.82) is 0 Å². The molecule has 0 N–H and O–H groups in total. The van der Waals surface area contributed by atoms with Gasteiger partial charge in [0.25, 0.3) is 5.56 Å². The average Bonchev–Trinajstić information content (AvgIpc) is 3.33. The quantitative estimate of drug-likeness (QED) is 0.186. The lowest BCUT2D eigenvalue weighted by molar-refractivity contribution is -0.139. The standard InChI is InChI=1S/C35H35ClN2O7S/c1-7-43-34(40)31-21(4)37-35-38(32(31)23-13-15-27(45-20(2)3)29(18-23)42-6)33(39)30(46-35)17-22-12-14-26(28(16-22)41-5)44-19-24-10-8-9-11-25(24)36/h8-18,20,32H,7,19H2,1-6H3/b30-17-/t32-/m1/s1. The largest absolute Gasteiger partial charge is 0.493 e. The van der Waals surface area contributed by atoms with Crippen molar-refractivity contribution in [2.75, 3.05) is 20.8 Å². The fourth-order valence-corrected chi connectivity index (χ4v) is 6.36. The van der Waals surface area contributed by atoms with Gasteiger partial charge in [0.1, 0.15) is 6.61 Å². The van der Waals surface area contributed by atoms with E-state index in [2.05, 4.69) is 4.99 Å². The number of esters is 1. The van der Waals surface area contributed by atoms with E-state index in [-0.39, 0.29) is 30.5 Å². The molecule has 1 aromatic heterocycles. The summed E-state index contributed by atoms with van der Waals surface area (Å²) in [4.78, 5) is 32.5. The number of carbonyl (C=O) groups excluding carboxylic acids is 1. The maximum absolute atomic E-state index is 14.1. The van der Waals surface area contributed by atoms with E-state index in [9.17, 15) is 9.59 Å². The van der Waals surface area contributed by atoms with Crippen LogP contribution in [0, 0.1) is 0 Å². The van der Waals surface area contributed by atoms with Gasteiger partial charge in [-0.25, -0.2) is 9.79 Å². The van der Waals surface area contributed by atoms with E-state index < -0.39 is 12.0 Å². The van der Waals surface area contributed by atoms with Gasteiger partial charge >= 0.3 is 5.97 Å². The molecule has 1 aliphatic heterocycles. The Hall–Kier alpha value is -4.54. The minimum absolute atomic E-state index is 0.0729. The number of rotatable bonds is 11. The first-order valence-electron chi connectivity index (χ1n) is 14.7. The van der Waals surface area contributed by atoms with Crippen LogP contribution in [0.2, 0.25) is 5.02 Å². The Kier molecular flexibility index (Phi) is 10.2. The third-order valence-electron chi connectivity index (χ3n) is 7.21. The molecule has 0 saturated heterocycles. The molecule has 0 amide bonds. The zero-order valence-electron chi connectivity index (χ0n) is 26.5. The van der Waals surface area contributed by atoms with Crippen LogP contribution in [0.5, 0.6) is 23.0 Å². The lowest BCUT2D eigenvalue weighted by atomic mass is 9.95. The molecule has 1 atom stereocenters. The van der Waals surface area contributed by atoms with E-state index in [1.165, 1.54) is 15.9 Å². The summed E-state index contributed by atoms with van der Waals surface area (Å²) in [5, 5.41) is 0.617. The molecule has 0 unspecified atom stereocenters. The minimum Gasteiger partial charge on any atom is -0.493 e. The Bertz CT molecular complexity index is 1980. The average molecular weight is 663 g/mol. The van der Waals surface area contributed by atoms with Crippen LogP contribution < -0.4 is 33.8 Å². The summed E-state index contributed by atoms with van der Waals surface area (Å²) in [6, 6.07) is 17.5. The van der Waals surface area contributed by atoms with Crippen molar-refractivity contribution in [2.45, 2.75) is 46.4 Å². The number of aromatic nitrogens is 1. The number of allylic oxidation sites excluding steroid dienone is 1. The van der Waals surface area contributed by atoms with Gasteiger partial charge in [-0.15, -0.1) is 0 Å². The highest BCUT2D eigenvalue weighted by molar-refractivity contribution is 7.07. The molecule has 9 nitrogen and oxygen atoms in total. The lowest BCUT2D eigenvalue weighted by Crippen LogP contribution is -2.40. The second-order valence-electron chi connectivity index (χ2n) is 10.7. The first kappa shape index (κ1) is 32.8. The molecule has 3 aromatic carbocycles. The molecule has 0 radical (unpaired) electrons. The molecule has 0 spiro atoms. The first-order chi connectivity index (χ1) is 22.1. The number of carbonyl (C=O) groups is 1. The van der Waals surface area contributed by atoms with Crippen molar-refractivity contribution in [3.8, 4) is 23.0 Å². The molecule has 0 aliphatic carbocycles. The Balaban J connectivity index is 1.57. The van der Waals surface area contributed by atoms with Gasteiger partial charge in [0.2, 0.25) is 0 Å². The highest BCUT2D eigenvalue weighted by Gasteiger charge is 2.34. The van der Waals surface area contributed by atoms with Crippen LogP contribution in [-0.4, -0.2) is 37.5 Å². The maximum Gasteiger partial charge on any atom is 0.338 e. The molecule has 0 saturated carbocycles. The van der Waals surface area contributed by atoms with Gasteiger partial charge < -0.3 is 23.7 Å². The molecule has 0 bridgehead atoms. The molecule has 4 aromatic rings. The number of methoxy groups -OCH3 is 2. The third-order valence-corrected chi connectivity index (χ3v) is 8.56. The predicted octanol–water partition coefficient (Wildman–Crippen LogP) is 5.84. The summed E-state index contributed by atoms with van der Waals surface area (Å²) in [6.07, 6.45) is 1.70. The van der Waals surface area contributed by atoms with Gasteiger partial charge in [-0.3, -0.25) is 9.36 Å². The fraction of sp³-hybridized carbons (Fsp3) is 0.286. The van der Waals surface area contributed by atoms with Crippen molar-refractivity contribution in [1.82, 2.24) is 4.57 Å². The first-order valence-corrected chi connectivity index (χ1v) is 15.9. The number of halogens is 1. The van der Waals surface area contributed by atoms with Crippen LogP contribution in [0.25, 0.3) is 6.08 Å². The number of nitrogens with zero attached hydrogens (tertiary/aromatic N) is 2. The van der Waals surface area contributed by atoms with Crippen molar-refractivity contribution >= 4 is 35.0 Å². The number of benzene rings is 3. The van der Waals surface area contributed by atoms with Crippen LogP contribution in [0.15, 0.2) is 81.7 Å². The topological polar surface area (TPSA) is 97.6 Å². The number of hydrogen-bond donors (Lipinski definition) is 0. The normalized spacial score (nSPS) is 14.5. The smallest absolute Gasteiger partial charge is 0.338 e. The summed E-state index contributed by atoms with van der Waals surface area (Å²) >= 11 is 7.52. The second-order valence-corrected chi connectivity index (χ2v) is 12.1. The summed E-state index contributed by atoms with van der Waals surface area (Å²) in [5.74, 6) is 1.54. The van der Waals surface area contributed by atoms with Crippen LogP contribution in [0.3, 0.4) is 0 Å². The van der Waals surface area contributed by atoms with Crippen molar-refractivity contribution in [2.24, 2.45) is 4.99 Å². The zero-order valence-corrected chi connectivity index (χ0v) is 28.0. The fourth-order valence-electron chi connectivity index (χ4n) is 5.13. The van der Waals surface area contributed by atoms with Crippen LogP contribution in [-0.2, 0) is 16.1 Å². The number of hydrogen-bond acceptors (Lipinski definition) is 9. The van der Waals surface area contributed by atoms with Gasteiger partial charge in [0, 0.05) is 10.6 Å². The molecular formula is C35H35ClN2O7S. The summed E-state index contributed by atoms with van der Waals surface area (Å²) < 4.78 is 30.5. The second kappa shape index (κ2) is 14.3. The monoisotopic (exact) mass is 662 g/mol. The van der Waals surface area contributed by atoms with Crippen LogP contribution in [0.4, 0.5) is 0 Å². The van der Waals surface area contributed by atoms with E-state index in [1.54, 1.807) is 58.4 Å². The molecule has 0 fully saturated rings. The number of fused-ring (bicyclic) bond motifs is 1. The van der Waals surface area contributed by atoms with Gasteiger partial charge in [-0.1, -0.05) is 53.3 Å². The Morgan fingerprint density at radius 2 is 1.74 bits per heavy atom. The zero-order chi connectivity index (χ0) is 33.0. The lowest BCUT2D eigenvalue weighted by Gasteiger charge is -2.25. The third kappa shape index (κ3) is 6.83. The SMILES string of the molecule is CCOC(=O)C1=C(C)N=c2s/c(=C\c3ccc(OCc4ccccc4Cl)c(OC)c3)c(=O)n2[C@@H]1c1ccc(OC(C)C)c(OC)c1. The maximum atomic E-state index is 14.1. The Morgan fingerprint density at radius 1 is 1.02 bits per heavy atom. The molecule has 1 aliphatic rings. The highest BCUT2D eigenvalue weighted by Crippen LogP contribution is 2.37. The Morgan fingerprint density at radius 3 is 2.43 bits per heavy atom. The molecule has 240 valence electrons. The molecule has 2 heterocycles. The molecule has 5 rings (SSSR count). The Labute approximate surface area is 275 Å². The van der Waals surface area contributed by atoms with Gasteiger partial charge in [0.05, 0.1) is 48.8 Å². The molecule has 46 heavy (non-hydrogen) atoms. The number of thiazole rings is 1. The minimum atomic E-state index is -0.797. The highest BCUT2D eigenvalue weighted by atomic mass is 35.5. The summed E-state index contributed by atoms with van der Waals surface area (Å²) in [5.41, 5.74) is 2.67. The van der Waals surface area contributed by atoms with E-state index in [0.29, 0.717) is 48.6 Å². The predicted molar refractivity (Wildman–Crippen MR) is 178 cm³/mol. The summed E-state index contributed by atoms with van der Waals surface area (Å²) in [6.45, 7) is 7.78. The van der Waals surface area contributed by atoms with Crippen LogP contribution >= 0.6 is 22.9 Å². The van der Waals surface area contributed by atoms with Gasteiger partial charge in [-0.05, 0) is 75.2 Å². The van der Waals surface area contributed by atoms with Crippen molar-refractivity contribution < 1.29 is 28.5 Å². The van der Waals surface area contributed by atoms with E-state index in [4.69, 9.17) is 35.3 Å². The van der Waals surface area contributed by atoms with E-state index in [1.807, 2.05) is 50.2 Å². The van der Waals surface area contributed by atoms with E-state index >= 15 is 0 Å². The van der Waals surface area contributed by atoms with Crippen molar-refractivity contribution in [3.63, 3.8) is 0 Å².